The summed E-state index contributed by atoms with van der Waals surface area (Å²) in [5.41, 5.74) is -1.23. The maximum Gasteiger partial charge on any atom is 0.338 e. The molecule has 0 aromatic heterocycles. The predicted octanol–water partition coefficient (Wildman–Crippen LogP) is 6.02. The van der Waals surface area contributed by atoms with E-state index in [2.05, 4.69) is 55.4 Å². The summed E-state index contributed by atoms with van der Waals surface area (Å²) < 4.78 is 41.5. The Labute approximate surface area is 415 Å². The van der Waals surface area contributed by atoms with Gasteiger partial charge in [-0.15, -0.1) is 0 Å². The van der Waals surface area contributed by atoms with E-state index in [9.17, 15) is 39.9 Å². The largest absolute Gasteiger partial charge is 0.465 e. The molecule has 6 fully saturated rings. The topological polar surface area (TPSA) is 234 Å². The minimum absolute atomic E-state index is 0.0275. The van der Waals surface area contributed by atoms with Crippen LogP contribution in [0.25, 0.3) is 0 Å². The molecule has 7 rings (SSSR count). The normalized spacial score (nSPS) is 45.5. The maximum absolute atomic E-state index is 15.2. The Morgan fingerprint density at radius 1 is 0.643 bits per heavy atom. The van der Waals surface area contributed by atoms with Crippen molar-refractivity contribution in [2.75, 3.05) is 19.8 Å². The molecule has 7 aliphatic rings. The lowest BCUT2D eigenvalue weighted by atomic mass is 9.33. The predicted molar refractivity (Wildman–Crippen MR) is 254 cm³/mol. The van der Waals surface area contributed by atoms with E-state index in [0.717, 1.165) is 64.2 Å². The number of rotatable bonds is 16. The summed E-state index contributed by atoms with van der Waals surface area (Å²) in [6, 6.07) is 0. The quantitative estimate of drug-likeness (QED) is 0.0515. The zero-order valence-electron chi connectivity index (χ0n) is 43.6. The van der Waals surface area contributed by atoms with Gasteiger partial charge >= 0.3 is 17.9 Å². The fourth-order valence-electron chi connectivity index (χ4n) is 14.6. The molecule has 398 valence electrons. The highest BCUT2D eigenvalue weighted by Gasteiger charge is 2.71. The molecule has 70 heavy (non-hydrogen) atoms. The molecular formula is C54H86O16. The van der Waals surface area contributed by atoms with Crippen molar-refractivity contribution in [3.05, 3.63) is 11.6 Å². The zero-order valence-corrected chi connectivity index (χ0v) is 43.6. The Morgan fingerprint density at radius 3 is 1.80 bits per heavy atom. The molecule has 2 aliphatic heterocycles. The molecule has 19 unspecified atom stereocenters. The number of ether oxygens (including phenoxy) is 7. The lowest BCUT2D eigenvalue weighted by Crippen LogP contribution is -2.68. The number of esters is 3. The number of carbonyl (C=O) groups is 4. The van der Waals surface area contributed by atoms with Gasteiger partial charge in [-0.05, 0) is 129 Å². The van der Waals surface area contributed by atoms with Crippen molar-refractivity contribution in [3.8, 4) is 0 Å². The first-order valence-corrected chi connectivity index (χ1v) is 26.7. The number of carbonyl (C=O) groups excluding carboxylic acids is 4. The highest BCUT2D eigenvalue weighted by Crippen LogP contribution is 2.75. The fourth-order valence-corrected chi connectivity index (χ4v) is 14.6. The van der Waals surface area contributed by atoms with Crippen molar-refractivity contribution in [2.45, 2.75) is 233 Å². The molecule has 0 amide bonds. The van der Waals surface area contributed by atoms with Crippen molar-refractivity contribution in [1.29, 1.82) is 0 Å². The zero-order chi connectivity index (χ0) is 51.4. The summed E-state index contributed by atoms with van der Waals surface area (Å²) >= 11 is 0. The van der Waals surface area contributed by atoms with E-state index in [1.165, 1.54) is 5.57 Å². The Kier molecular flexibility index (Phi) is 16.6. The summed E-state index contributed by atoms with van der Waals surface area (Å²) in [5, 5.41) is 56.0. The van der Waals surface area contributed by atoms with Crippen molar-refractivity contribution in [2.24, 2.45) is 50.2 Å². The molecule has 5 N–H and O–H groups in total. The molecule has 16 nitrogen and oxygen atoms in total. The summed E-state index contributed by atoms with van der Waals surface area (Å²) in [6.45, 7) is 22.0. The third kappa shape index (κ3) is 9.58. The van der Waals surface area contributed by atoms with Crippen molar-refractivity contribution in [1.82, 2.24) is 0 Å². The molecule has 5 aliphatic carbocycles. The summed E-state index contributed by atoms with van der Waals surface area (Å²) in [7, 11) is 0. The van der Waals surface area contributed by atoms with Crippen LogP contribution in [0.2, 0.25) is 0 Å². The van der Waals surface area contributed by atoms with Gasteiger partial charge in [-0.25, -0.2) is 9.59 Å². The smallest absolute Gasteiger partial charge is 0.338 e. The van der Waals surface area contributed by atoms with E-state index < -0.39 is 95.7 Å². The second kappa shape index (κ2) is 21.0. The molecule has 0 spiro atoms. The van der Waals surface area contributed by atoms with Gasteiger partial charge in [0, 0.05) is 5.92 Å². The van der Waals surface area contributed by atoms with Crippen LogP contribution < -0.4 is 0 Å². The first-order valence-electron chi connectivity index (χ1n) is 26.7. The van der Waals surface area contributed by atoms with Crippen LogP contribution in [-0.4, -0.2) is 137 Å². The number of hydrogen-bond donors (Lipinski definition) is 5. The number of aliphatic hydroxyl groups excluding tert-OH is 5. The average Bonchev–Trinajstić information content (AvgIpc) is 3.30. The molecule has 2 saturated heterocycles. The van der Waals surface area contributed by atoms with Crippen molar-refractivity contribution < 1.29 is 77.9 Å². The second-order valence-electron chi connectivity index (χ2n) is 24.2. The van der Waals surface area contributed by atoms with Gasteiger partial charge in [-0.2, -0.15) is 0 Å². The van der Waals surface area contributed by atoms with Gasteiger partial charge in [0.15, 0.2) is 30.6 Å². The van der Waals surface area contributed by atoms with E-state index in [1.54, 1.807) is 0 Å². The summed E-state index contributed by atoms with van der Waals surface area (Å²) in [5.74, 6) is -2.18. The molecule has 19 atom stereocenters. The second-order valence-corrected chi connectivity index (χ2v) is 24.2. The SMILES string of the molecule is CCCCOC(=O)C1OC(OC2C(OC3CCC4(C)C(CCC5(C)C4C(=O)C=C4C6CC(C)(C(=O)OCCCC)CCC6(C)CCC45C)C3(C)C)OC(C(=O)OCCCC)C(O)C2O)C(O)C(O)C1O. The molecule has 16 heteroatoms. The highest BCUT2D eigenvalue weighted by atomic mass is 16.8. The fraction of sp³-hybridized carbons (Fsp3) is 0.889. The van der Waals surface area contributed by atoms with Gasteiger partial charge < -0.3 is 58.7 Å². The molecule has 0 radical (unpaired) electrons. The first-order chi connectivity index (χ1) is 32.9. The van der Waals surface area contributed by atoms with Gasteiger partial charge in [-0.1, -0.05) is 87.1 Å². The van der Waals surface area contributed by atoms with Gasteiger partial charge in [0.05, 0.1) is 31.3 Å². The Morgan fingerprint density at radius 2 is 1.20 bits per heavy atom. The van der Waals surface area contributed by atoms with Gasteiger partial charge in [0.1, 0.15) is 36.6 Å². The minimum atomic E-state index is -1.93. The minimum Gasteiger partial charge on any atom is -0.465 e. The molecule has 0 aromatic carbocycles. The third-order valence-electron chi connectivity index (χ3n) is 19.4. The maximum atomic E-state index is 15.2. The molecule has 4 saturated carbocycles. The van der Waals surface area contributed by atoms with Gasteiger partial charge in [-0.3, -0.25) is 9.59 Å². The van der Waals surface area contributed by atoms with Crippen LogP contribution in [-0.2, 0) is 52.3 Å². The standard InChI is InChI=1S/C54H86O16/c1-11-14-25-64-44(61)40-36(57)35(56)39(60)46(68-40)70-42-38(59)37(58)41(45(62)65-26-15-12-2)69-47(42)67-34-18-19-52(8)33(49(34,4)5)17-20-54(10)43(52)32(55)28-30-31-29-51(7,48(63)66-27-16-13-3)22-21-50(31,6)23-24-53(30,54)9/h28,31,33-43,46-47,56-60H,11-27,29H2,1-10H3. The summed E-state index contributed by atoms with van der Waals surface area (Å²) in [4.78, 5) is 55.4. The van der Waals surface area contributed by atoms with Crippen molar-refractivity contribution >= 4 is 23.7 Å². The number of allylic oxidation sites excluding steroid dienone is 2. The van der Waals surface area contributed by atoms with Crippen LogP contribution in [0.4, 0.5) is 0 Å². The summed E-state index contributed by atoms with van der Waals surface area (Å²) in [6.07, 6.45) is -5.48. The third-order valence-corrected chi connectivity index (χ3v) is 19.4. The average molecular weight is 991 g/mol. The van der Waals surface area contributed by atoms with Crippen LogP contribution in [0.1, 0.15) is 166 Å². The lowest BCUT2D eigenvalue weighted by molar-refractivity contribution is -0.371. The van der Waals surface area contributed by atoms with Crippen LogP contribution >= 0.6 is 0 Å². The molecule has 0 aromatic rings. The number of hydrogen-bond acceptors (Lipinski definition) is 16. The Bertz CT molecular complexity index is 1940. The first kappa shape index (κ1) is 55.2. The van der Waals surface area contributed by atoms with E-state index in [1.807, 2.05) is 19.9 Å². The Balaban J connectivity index is 1.16. The van der Waals surface area contributed by atoms with Crippen LogP contribution in [0.5, 0.6) is 0 Å². The van der Waals surface area contributed by atoms with Gasteiger partial charge in [0.2, 0.25) is 0 Å². The van der Waals surface area contributed by atoms with E-state index in [4.69, 9.17) is 33.2 Å². The van der Waals surface area contributed by atoms with Crippen LogP contribution in [0.15, 0.2) is 11.6 Å². The van der Waals surface area contributed by atoms with E-state index in [0.29, 0.717) is 38.7 Å². The molecular weight excluding hydrogens is 905 g/mol. The molecule has 0 bridgehead atoms. The Hall–Kier alpha value is -2.54. The lowest BCUT2D eigenvalue weighted by Gasteiger charge is -2.70. The molecule has 2 heterocycles. The monoisotopic (exact) mass is 991 g/mol. The number of fused-ring (bicyclic) bond motifs is 7. The van der Waals surface area contributed by atoms with Gasteiger partial charge in [0.25, 0.3) is 0 Å². The van der Waals surface area contributed by atoms with E-state index in [-0.39, 0.29) is 59.0 Å². The van der Waals surface area contributed by atoms with Crippen LogP contribution in [0, 0.1) is 50.2 Å². The number of ketones is 1. The van der Waals surface area contributed by atoms with Crippen molar-refractivity contribution in [3.63, 3.8) is 0 Å². The highest BCUT2D eigenvalue weighted by molar-refractivity contribution is 5.95. The number of unbranched alkanes of at least 4 members (excludes halogenated alkanes) is 3. The van der Waals surface area contributed by atoms with Crippen LogP contribution in [0.3, 0.4) is 0 Å². The number of aliphatic hydroxyl groups is 5. The van der Waals surface area contributed by atoms with E-state index >= 15 is 4.79 Å².